The van der Waals surface area contributed by atoms with E-state index >= 15 is 0 Å². The van der Waals surface area contributed by atoms with Crippen molar-refractivity contribution >= 4 is 29.7 Å². The fourth-order valence-corrected chi connectivity index (χ4v) is 7.46. The number of nitrogens with one attached hydrogen (secondary N) is 1. The molecule has 36 heavy (non-hydrogen) atoms. The third-order valence-corrected chi connectivity index (χ3v) is 10.2. The molecule has 7 nitrogen and oxygen atoms in total. The van der Waals surface area contributed by atoms with Crippen molar-refractivity contribution in [3.63, 3.8) is 0 Å². The minimum absolute atomic E-state index is 0.0187. The summed E-state index contributed by atoms with van der Waals surface area (Å²) in [5, 5.41) is 0. The minimum Gasteiger partial charge on any atom is -0.218 e. The van der Waals surface area contributed by atoms with E-state index in [1.165, 1.54) is 29.8 Å². The Morgan fingerprint density at radius 2 is 1.33 bits per heavy atom. The van der Waals surface area contributed by atoms with Crippen molar-refractivity contribution < 1.29 is 42.8 Å². The maximum atomic E-state index is 14.3. The maximum absolute atomic E-state index is 14.3. The van der Waals surface area contributed by atoms with E-state index in [0.29, 0.717) is 5.56 Å². The average Bonchev–Trinajstić information content (AvgIpc) is 2.78. The Balaban J connectivity index is 2.06. The van der Waals surface area contributed by atoms with Crippen LogP contribution in [0.4, 0.5) is 17.6 Å². The second kappa shape index (κ2) is 9.57. The fourth-order valence-electron chi connectivity index (χ4n) is 3.26. The van der Waals surface area contributed by atoms with E-state index in [1.54, 1.807) is 0 Å². The van der Waals surface area contributed by atoms with Gasteiger partial charge in [-0.15, -0.1) is 0 Å². The first kappa shape index (κ1) is 27.8. The van der Waals surface area contributed by atoms with E-state index in [0.717, 1.165) is 55.5 Å². The summed E-state index contributed by atoms with van der Waals surface area (Å²) in [6, 6.07) is 10.8. The van der Waals surface area contributed by atoms with E-state index in [2.05, 4.69) is 0 Å². The standard InChI is InChI=1S/C22H19F4NO6S3/c1-14-7-12-20(35(30,31)19-6-4-3-5-18(19)23)21(13-14)34(28,29)17-10-8-16(9-11-17)15(2)27-36(32,33)22(24,25)26/h3-13,15,27H,1-2H3/t15-/m0/s1. The topological polar surface area (TPSA) is 114 Å². The summed E-state index contributed by atoms with van der Waals surface area (Å²) >= 11 is 0. The highest BCUT2D eigenvalue weighted by Gasteiger charge is 2.46. The highest BCUT2D eigenvalue weighted by atomic mass is 32.2. The molecule has 0 amide bonds. The zero-order chi connectivity index (χ0) is 27.1. The van der Waals surface area contributed by atoms with Gasteiger partial charge >= 0.3 is 15.5 Å². The average molecular weight is 566 g/mol. The second-order valence-electron chi connectivity index (χ2n) is 7.75. The number of rotatable bonds is 7. The number of hydrogen-bond acceptors (Lipinski definition) is 6. The van der Waals surface area contributed by atoms with Crippen LogP contribution in [0.25, 0.3) is 0 Å². The van der Waals surface area contributed by atoms with Crippen molar-refractivity contribution in [3.05, 3.63) is 83.7 Å². The molecule has 0 aliphatic carbocycles. The van der Waals surface area contributed by atoms with E-state index in [4.69, 9.17) is 0 Å². The summed E-state index contributed by atoms with van der Waals surface area (Å²) in [4.78, 5) is -2.41. The maximum Gasteiger partial charge on any atom is 0.511 e. The molecule has 3 aromatic carbocycles. The first-order valence-corrected chi connectivity index (χ1v) is 14.5. The van der Waals surface area contributed by atoms with Crippen LogP contribution in [0.1, 0.15) is 24.1 Å². The highest BCUT2D eigenvalue weighted by molar-refractivity contribution is 7.94. The van der Waals surface area contributed by atoms with Gasteiger partial charge in [-0.05, 0) is 61.4 Å². The molecule has 0 bridgehead atoms. The van der Waals surface area contributed by atoms with Crippen molar-refractivity contribution in [1.82, 2.24) is 4.72 Å². The molecule has 194 valence electrons. The first-order valence-electron chi connectivity index (χ1n) is 10.0. The summed E-state index contributed by atoms with van der Waals surface area (Å²) in [5.41, 5.74) is -5.12. The Labute approximate surface area is 205 Å². The smallest absolute Gasteiger partial charge is 0.218 e. The quantitative estimate of drug-likeness (QED) is 0.428. The van der Waals surface area contributed by atoms with Gasteiger partial charge in [-0.2, -0.15) is 13.2 Å². The van der Waals surface area contributed by atoms with E-state index in [1.807, 2.05) is 0 Å². The van der Waals surface area contributed by atoms with Crippen molar-refractivity contribution in [1.29, 1.82) is 0 Å². The summed E-state index contributed by atoms with van der Waals surface area (Å²) in [6.07, 6.45) is 0. The molecule has 0 unspecified atom stereocenters. The predicted molar refractivity (Wildman–Crippen MR) is 121 cm³/mol. The minimum atomic E-state index is -5.65. The van der Waals surface area contributed by atoms with E-state index in [-0.39, 0.29) is 5.56 Å². The molecular weight excluding hydrogens is 546 g/mol. The van der Waals surface area contributed by atoms with Crippen molar-refractivity contribution in [2.45, 2.75) is 45.0 Å². The molecule has 3 aromatic rings. The number of halogens is 4. The third-order valence-electron chi connectivity index (χ3n) is 5.13. The lowest BCUT2D eigenvalue weighted by Gasteiger charge is -2.17. The number of aryl methyl sites for hydroxylation is 1. The van der Waals surface area contributed by atoms with Gasteiger partial charge in [-0.25, -0.2) is 34.4 Å². The molecule has 0 aromatic heterocycles. The Bertz CT molecular complexity index is 1620. The Kier molecular flexibility index (Phi) is 7.39. The zero-order valence-corrected chi connectivity index (χ0v) is 21.1. The van der Waals surface area contributed by atoms with Crippen LogP contribution in [0.2, 0.25) is 0 Å². The lowest BCUT2D eigenvalue weighted by Crippen LogP contribution is -2.37. The Hall–Kier alpha value is -2.81. The van der Waals surface area contributed by atoms with Gasteiger partial charge in [0.2, 0.25) is 19.7 Å². The molecule has 14 heteroatoms. The molecular formula is C22H19F4NO6S3. The number of hydrogen-bond donors (Lipinski definition) is 1. The van der Waals surface area contributed by atoms with Gasteiger partial charge < -0.3 is 0 Å². The van der Waals surface area contributed by atoms with Crippen LogP contribution in [0, 0.1) is 12.7 Å². The highest BCUT2D eigenvalue weighted by Crippen LogP contribution is 2.33. The van der Waals surface area contributed by atoms with Crippen LogP contribution in [-0.4, -0.2) is 30.8 Å². The Morgan fingerprint density at radius 1 is 0.750 bits per heavy atom. The van der Waals surface area contributed by atoms with Gasteiger partial charge in [-0.1, -0.05) is 30.3 Å². The number of sulfonamides is 1. The van der Waals surface area contributed by atoms with Gasteiger partial charge in [0.15, 0.2) is 0 Å². The van der Waals surface area contributed by atoms with Crippen LogP contribution in [0.3, 0.4) is 0 Å². The largest absolute Gasteiger partial charge is 0.511 e. The van der Waals surface area contributed by atoms with Gasteiger partial charge in [-0.3, -0.25) is 0 Å². The van der Waals surface area contributed by atoms with E-state index < -0.39 is 66.6 Å². The van der Waals surface area contributed by atoms with Crippen LogP contribution in [0.5, 0.6) is 0 Å². The molecule has 0 radical (unpaired) electrons. The molecule has 3 rings (SSSR count). The molecule has 0 heterocycles. The fraction of sp³-hybridized carbons (Fsp3) is 0.182. The third kappa shape index (κ3) is 5.31. The monoisotopic (exact) mass is 565 g/mol. The second-order valence-corrected chi connectivity index (χ2v) is 13.3. The zero-order valence-electron chi connectivity index (χ0n) is 18.6. The summed E-state index contributed by atoms with van der Waals surface area (Å²) in [5.74, 6) is -1.07. The van der Waals surface area contributed by atoms with Crippen LogP contribution >= 0.6 is 0 Å². The van der Waals surface area contributed by atoms with Gasteiger partial charge in [0, 0.05) is 6.04 Å². The molecule has 0 aliphatic heterocycles. The molecule has 0 saturated carbocycles. The van der Waals surface area contributed by atoms with Gasteiger partial charge in [0.05, 0.1) is 14.7 Å². The molecule has 0 aliphatic rings. The van der Waals surface area contributed by atoms with Crippen LogP contribution in [0.15, 0.2) is 86.3 Å². The van der Waals surface area contributed by atoms with Crippen LogP contribution in [-0.2, 0) is 29.7 Å². The lowest BCUT2D eigenvalue weighted by molar-refractivity contribution is -0.0450. The molecule has 0 spiro atoms. The number of alkyl halides is 3. The number of benzene rings is 3. The predicted octanol–water partition coefficient (Wildman–Crippen LogP) is 4.30. The molecule has 1 N–H and O–H groups in total. The summed E-state index contributed by atoms with van der Waals surface area (Å²) < 4.78 is 129. The van der Waals surface area contributed by atoms with Crippen molar-refractivity contribution in [2.75, 3.05) is 0 Å². The van der Waals surface area contributed by atoms with Crippen molar-refractivity contribution in [3.8, 4) is 0 Å². The molecule has 1 atom stereocenters. The SMILES string of the molecule is Cc1ccc(S(=O)(=O)c2ccccc2F)c(S(=O)(=O)c2ccc([C@H](C)NS(=O)(=O)C(F)(F)F)cc2)c1. The molecule has 0 fully saturated rings. The van der Waals surface area contributed by atoms with Crippen molar-refractivity contribution in [2.24, 2.45) is 0 Å². The lowest BCUT2D eigenvalue weighted by atomic mass is 10.1. The normalized spacial score (nSPS) is 13.9. The summed E-state index contributed by atoms with van der Waals surface area (Å²) in [6.45, 7) is 2.66. The van der Waals surface area contributed by atoms with Gasteiger partial charge in [0.25, 0.3) is 0 Å². The van der Waals surface area contributed by atoms with Gasteiger partial charge in [0.1, 0.15) is 10.7 Å². The van der Waals surface area contributed by atoms with Crippen LogP contribution < -0.4 is 4.72 Å². The number of sulfone groups is 2. The van der Waals surface area contributed by atoms with E-state index in [9.17, 15) is 42.8 Å². The Morgan fingerprint density at radius 3 is 1.89 bits per heavy atom. The first-order chi connectivity index (χ1) is 16.5. The summed E-state index contributed by atoms with van der Waals surface area (Å²) in [7, 11) is -14.8. The molecule has 0 saturated heterocycles.